The van der Waals surface area contributed by atoms with Crippen LogP contribution in [-0.2, 0) is 4.79 Å². The molecule has 0 saturated carbocycles. The van der Waals surface area contributed by atoms with Crippen molar-refractivity contribution in [3.05, 3.63) is 30.5 Å². The molecule has 19 heavy (non-hydrogen) atoms. The number of hydrogen-bond donors (Lipinski definition) is 2. The number of nitrogens with zero attached hydrogens (tertiary/aromatic N) is 2. The highest BCUT2D eigenvalue weighted by molar-refractivity contribution is 5.92. The van der Waals surface area contributed by atoms with Gasteiger partial charge < -0.3 is 15.0 Å². The predicted octanol–water partition coefficient (Wildman–Crippen LogP) is 1.37. The summed E-state index contributed by atoms with van der Waals surface area (Å²) in [5.41, 5.74) is 2.36. The topological polar surface area (TPSA) is 59.6 Å². The van der Waals surface area contributed by atoms with Gasteiger partial charge in [0, 0.05) is 43.3 Å². The summed E-state index contributed by atoms with van der Waals surface area (Å²) >= 11 is 0. The first-order valence-corrected chi connectivity index (χ1v) is 6.49. The van der Waals surface area contributed by atoms with Gasteiger partial charge in [-0.05, 0) is 6.07 Å². The van der Waals surface area contributed by atoms with E-state index in [-0.39, 0.29) is 6.54 Å². The van der Waals surface area contributed by atoms with Gasteiger partial charge in [0.25, 0.3) is 0 Å². The zero-order valence-corrected chi connectivity index (χ0v) is 10.7. The van der Waals surface area contributed by atoms with E-state index in [4.69, 9.17) is 5.11 Å². The number of aliphatic carboxylic acids is 1. The van der Waals surface area contributed by atoms with E-state index in [0.717, 1.165) is 31.7 Å². The van der Waals surface area contributed by atoms with Crippen molar-refractivity contribution in [2.75, 3.05) is 37.6 Å². The van der Waals surface area contributed by atoms with Crippen molar-refractivity contribution in [1.29, 1.82) is 0 Å². The van der Waals surface area contributed by atoms with Crippen molar-refractivity contribution in [2.45, 2.75) is 0 Å². The minimum absolute atomic E-state index is 0.141. The number of carbonyl (C=O) groups is 1. The fraction of sp³-hybridized carbons (Fsp3) is 0.357. The minimum atomic E-state index is -0.749. The van der Waals surface area contributed by atoms with Gasteiger partial charge in [0.05, 0.1) is 12.2 Å². The molecule has 2 heterocycles. The van der Waals surface area contributed by atoms with Gasteiger partial charge in [-0.25, -0.2) is 0 Å². The lowest BCUT2D eigenvalue weighted by atomic mass is 10.2. The molecular formula is C14H17N3O2. The van der Waals surface area contributed by atoms with Crippen LogP contribution >= 0.6 is 0 Å². The SMILES string of the molecule is O=C(O)CN1CCN(c2c[nH]c3ccccc23)CC1. The predicted molar refractivity (Wildman–Crippen MR) is 74.6 cm³/mol. The van der Waals surface area contributed by atoms with Gasteiger partial charge in [-0.2, -0.15) is 0 Å². The zero-order valence-electron chi connectivity index (χ0n) is 10.7. The van der Waals surface area contributed by atoms with E-state index in [1.54, 1.807) is 0 Å². The van der Waals surface area contributed by atoms with Crippen LogP contribution in [0.4, 0.5) is 5.69 Å². The molecule has 0 atom stereocenters. The smallest absolute Gasteiger partial charge is 0.317 e. The number of aromatic amines is 1. The Bertz CT molecular complexity index is 585. The highest BCUT2D eigenvalue weighted by Crippen LogP contribution is 2.27. The summed E-state index contributed by atoms with van der Waals surface area (Å²) in [4.78, 5) is 18.3. The number of piperazine rings is 1. The Morgan fingerprint density at radius 1 is 1.21 bits per heavy atom. The molecule has 1 saturated heterocycles. The maximum atomic E-state index is 10.7. The number of carboxylic acids is 1. The number of rotatable bonds is 3. The summed E-state index contributed by atoms with van der Waals surface area (Å²) in [6.07, 6.45) is 2.04. The summed E-state index contributed by atoms with van der Waals surface area (Å²) in [7, 11) is 0. The number of benzene rings is 1. The van der Waals surface area contributed by atoms with Crippen LogP contribution in [0, 0.1) is 0 Å². The highest BCUT2D eigenvalue weighted by Gasteiger charge is 2.20. The molecule has 5 heteroatoms. The standard InChI is InChI=1S/C14H17N3O2/c18-14(19)10-16-5-7-17(8-6-16)13-9-15-12-4-2-1-3-11(12)13/h1-4,9,15H,5-8,10H2,(H,18,19). The van der Waals surface area contributed by atoms with E-state index in [1.807, 2.05) is 23.2 Å². The Morgan fingerprint density at radius 3 is 2.68 bits per heavy atom. The first-order chi connectivity index (χ1) is 9.24. The van der Waals surface area contributed by atoms with Crippen molar-refractivity contribution in [3.8, 4) is 0 Å². The Kier molecular flexibility index (Phi) is 3.13. The summed E-state index contributed by atoms with van der Waals surface area (Å²) < 4.78 is 0. The van der Waals surface area contributed by atoms with Crippen LogP contribution in [0.25, 0.3) is 10.9 Å². The van der Waals surface area contributed by atoms with Crippen molar-refractivity contribution in [3.63, 3.8) is 0 Å². The van der Waals surface area contributed by atoms with E-state index in [1.165, 1.54) is 11.1 Å². The fourth-order valence-corrected chi connectivity index (χ4v) is 2.66. The van der Waals surface area contributed by atoms with Gasteiger partial charge in [0.1, 0.15) is 0 Å². The average Bonchev–Trinajstić information content (AvgIpc) is 2.83. The number of hydrogen-bond acceptors (Lipinski definition) is 3. The van der Waals surface area contributed by atoms with E-state index >= 15 is 0 Å². The van der Waals surface area contributed by atoms with E-state index < -0.39 is 5.97 Å². The average molecular weight is 259 g/mol. The first-order valence-electron chi connectivity index (χ1n) is 6.49. The molecule has 1 aliphatic heterocycles. The second kappa shape index (κ2) is 4.93. The number of carboxylic acid groups (broad SMARTS) is 1. The number of fused-ring (bicyclic) bond motifs is 1. The van der Waals surface area contributed by atoms with Crippen LogP contribution in [0.5, 0.6) is 0 Å². The number of anilines is 1. The molecule has 3 rings (SSSR count). The largest absolute Gasteiger partial charge is 0.480 e. The molecule has 2 aromatic rings. The molecule has 100 valence electrons. The molecule has 1 aromatic carbocycles. The normalized spacial score (nSPS) is 16.9. The summed E-state index contributed by atoms with van der Waals surface area (Å²) in [6, 6.07) is 8.25. The van der Waals surface area contributed by atoms with Gasteiger partial charge in [-0.1, -0.05) is 18.2 Å². The van der Waals surface area contributed by atoms with Gasteiger partial charge in [0.15, 0.2) is 0 Å². The molecule has 1 aliphatic rings. The van der Waals surface area contributed by atoms with Crippen LogP contribution in [0.3, 0.4) is 0 Å². The van der Waals surface area contributed by atoms with Gasteiger partial charge >= 0.3 is 5.97 Å². The summed E-state index contributed by atoms with van der Waals surface area (Å²) in [5.74, 6) is -0.749. The van der Waals surface area contributed by atoms with Gasteiger partial charge in [-0.3, -0.25) is 9.69 Å². The molecule has 5 nitrogen and oxygen atoms in total. The molecule has 1 aromatic heterocycles. The van der Waals surface area contributed by atoms with Crippen LogP contribution < -0.4 is 4.90 Å². The Morgan fingerprint density at radius 2 is 1.95 bits per heavy atom. The molecule has 0 radical (unpaired) electrons. The number of nitrogens with one attached hydrogen (secondary N) is 1. The van der Waals surface area contributed by atoms with Crippen LogP contribution in [-0.4, -0.2) is 53.7 Å². The number of H-pyrrole nitrogens is 1. The maximum absolute atomic E-state index is 10.7. The van der Waals surface area contributed by atoms with Crippen molar-refractivity contribution >= 4 is 22.6 Å². The zero-order chi connectivity index (χ0) is 13.2. The molecular weight excluding hydrogens is 242 g/mol. The van der Waals surface area contributed by atoms with Gasteiger partial charge in [-0.15, -0.1) is 0 Å². The maximum Gasteiger partial charge on any atom is 0.317 e. The van der Waals surface area contributed by atoms with Crippen LogP contribution in [0.1, 0.15) is 0 Å². The second-order valence-electron chi connectivity index (χ2n) is 4.88. The number of aromatic nitrogens is 1. The molecule has 1 fully saturated rings. The van der Waals surface area contributed by atoms with Gasteiger partial charge in [0.2, 0.25) is 0 Å². The first kappa shape index (κ1) is 12.0. The lowest BCUT2D eigenvalue weighted by molar-refractivity contribution is -0.138. The third-order valence-electron chi connectivity index (χ3n) is 3.64. The number of para-hydroxylation sites is 1. The minimum Gasteiger partial charge on any atom is -0.480 e. The molecule has 0 bridgehead atoms. The quantitative estimate of drug-likeness (QED) is 0.874. The van der Waals surface area contributed by atoms with E-state index in [9.17, 15) is 4.79 Å². The van der Waals surface area contributed by atoms with E-state index in [0.29, 0.717) is 0 Å². The Hall–Kier alpha value is -2.01. The fourth-order valence-electron chi connectivity index (χ4n) is 2.66. The summed E-state index contributed by atoms with van der Waals surface area (Å²) in [5, 5.41) is 10.0. The van der Waals surface area contributed by atoms with Crippen molar-refractivity contribution in [2.24, 2.45) is 0 Å². The van der Waals surface area contributed by atoms with Crippen molar-refractivity contribution < 1.29 is 9.90 Å². The molecule has 0 spiro atoms. The van der Waals surface area contributed by atoms with E-state index in [2.05, 4.69) is 22.0 Å². The lowest BCUT2D eigenvalue weighted by Crippen LogP contribution is -2.47. The van der Waals surface area contributed by atoms with Crippen LogP contribution in [0.2, 0.25) is 0 Å². The highest BCUT2D eigenvalue weighted by atomic mass is 16.4. The molecule has 0 amide bonds. The second-order valence-corrected chi connectivity index (χ2v) is 4.88. The third kappa shape index (κ3) is 2.42. The lowest BCUT2D eigenvalue weighted by Gasteiger charge is -2.34. The monoisotopic (exact) mass is 259 g/mol. The van der Waals surface area contributed by atoms with Crippen molar-refractivity contribution in [1.82, 2.24) is 9.88 Å². The molecule has 2 N–H and O–H groups in total. The summed E-state index contributed by atoms with van der Waals surface area (Å²) in [6.45, 7) is 3.48. The Labute approximate surface area is 111 Å². The Balaban J connectivity index is 1.73. The van der Waals surface area contributed by atoms with Crippen LogP contribution in [0.15, 0.2) is 30.5 Å². The molecule has 0 aliphatic carbocycles. The third-order valence-corrected chi connectivity index (χ3v) is 3.64. The molecule has 0 unspecified atom stereocenters.